The summed E-state index contributed by atoms with van der Waals surface area (Å²) in [7, 11) is 1.81. The van der Waals surface area contributed by atoms with E-state index in [-0.39, 0.29) is 19.1 Å². The lowest BCUT2D eigenvalue weighted by atomic mass is 10.2. The molecular weight excluding hydrogens is 208 g/mol. The van der Waals surface area contributed by atoms with Crippen LogP contribution in [0.5, 0.6) is 5.75 Å². The molecule has 1 aromatic carbocycles. The minimum atomic E-state index is -0.130. The van der Waals surface area contributed by atoms with Crippen LogP contribution in [0.4, 0.5) is 11.4 Å². The van der Waals surface area contributed by atoms with Crippen LogP contribution >= 0.6 is 0 Å². The topological polar surface area (TPSA) is 61.8 Å². The molecule has 0 radical (unpaired) electrons. The summed E-state index contributed by atoms with van der Waals surface area (Å²) >= 11 is 0. The number of carbonyl (C=O) groups is 1. The maximum Gasteiger partial charge on any atom is 0.265 e. The summed E-state index contributed by atoms with van der Waals surface area (Å²) in [6.07, 6.45) is 0. The highest BCUT2D eigenvalue weighted by Crippen LogP contribution is 2.34. The Balaban J connectivity index is 2.39. The van der Waals surface area contributed by atoms with Crippen molar-refractivity contribution in [3.63, 3.8) is 0 Å². The molecular formula is C11H14N2O3. The van der Waals surface area contributed by atoms with Crippen LogP contribution in [0.25, 0.3) is 0 Å². The fourth-order valence-corrected chi connectivity index (χ4v) is 1.70. The molecule has 86 valence electrons. The van der Waals surface area contributed by atoms with Crippen LogP contribution in [0.15, 0.2) is 18.2 Å². The van der Waals surface area contributed by atoms with Crippen LogP contribution in [-0.4, -0.2) is 37.8 Å². The number of carbonyl (C=O) groups excluding carboxylic acids is 1. The Kier molecular flexibility index (Phi) is 2.96. The number of amides is 1. The molecule has 0 fully saturated rings. The maximum atomic E-state index is 11.6. The van der Waals surface area contributed by atoms with Crippen LogP contribution in [0, 0.1) is 0 Å². The number of aliphatic hydroxyl groups excluding tert-OH is 1. The Bertz CT molecular complexity index is 406. The molecule has 0 aliphatic carbocycles. The minimum Gasteiger partial charge on any atom is -0.482 e. The average molecular weight is 222 g/mol. The second-order valence-corrected chi connectivity index (χ2v) is 3.49. The van der Waals surface area contributed by atoms with Gasteiger partial charge < -0.3 is 20.1 Å². The van der Waals surface area contributed by atoms with E-state index < -0.39 is 0 Å². The van der Waals surface area contributed by atoms with Crippen molar-refractivity contribution >= 4 is 17.3 Å². The highest BCUT2D eigenvalue weighted by molar-refractivity contribution is 5.98. The van der Waals surface area contributed by atoms with Crippen molar-refractivity contribution in [2.45, 2.75) is 0 Å². The predicted molar refractivity (Wildman–Crippen MR) is 60.9 cm³/mol. The van der Waals surface area contributed by atoms with E-state index in [9.17, 15) is 4.79 Å². The highest BCUT2D eigenvalue weighted by atomic mass is 16.5. The van der Waals surface area contributed by atoms with Crippen molar-refractivity contribution in [3.05, 3.63) is 18.2 Å². The Morgan fingerprint density at radius 1 is 1.56 bits per heavy atom. The quantitative estimate of drug-likeness (QED) is 0.779. The predicted octanol–water partition coefficient (Wildman–Crippen LogP) is 0.446. The summed E-state index contributed by atoms with van der Waals surface area (Å²) < 4.78 is 5.31. The number of nitrogens with one attached hydrogen (secondary N) is 1. The van der Waals surface area contributed by atoms with Crippen LogP contribution in [0.1, 0.15) is 0 Å². The van der Waals surface area contributed by atoms with Crippen molar-refractivity contribution in [2.75, 3.05) is 37.0 Å². The van der Waals surface area contributed by atoms with E-state index in [1.54, 1.807) is 4.90 Å². The molecule has 5 heteroatoms. The van der Waals surface area contributed by atoms with Gasteiger partial charge in [-0.05, 0) is 18.2 Å². The van der Waals surface area contributed by atoms with Crippen molar-refractivity contribution in [3.8, 4) is 5.75 Å². The molecule has 5 nitrogen and oxygen atoms in total. The Morgan fingerprint density at radius 2 is 2.38 bits per heavy atom. The molecule has 2 N–H and O–H groups in total. The summed E-state index contributed by atoms with van der Waals surface area (Å²) in [6, 6.07) is 5.53. The van der Waals surface area contributed by atoms with Gasteiger partial charge in [0.2, 0.25) is 0 Å². The molecule has 16 heavy (non-hydrogen) atoms. The molecule has 1 aromatic rings. The molecule has 0 saturated carbocycles. The molecule has 0 unspecified atom stereocenters. The number of β-amino-alcohol motifs (C(OH)–C–C–N with tert-alkyl or cyclic N) is 1. The molecule has 1 aliphatic rings. The molecule has 1 amide bonds. The third-order valence-corrected chi connectivity index (χ3v) is 2.51. The monoisotopic (exact) mass is 222 g/mol. The van der Waals surface area contributed by atoms with Gasteiger partial charge in [-0.15, -0.1) is 0 Å². The SMILES string of the molecule is CNc1ccc2c(c1)N(CCO)C(=O)CO2. The first-order valence-electron chi connectivity index (χ1n) is 5.12. The second kappa shape index (κ2) is 4.40. The second-order valence-electron chi connectivity index (χ2n) is 3.49. The molecule has 0 bridgehead atoms. The zero-order valence-corrected chi connectivity index (χ0v) is 9.06. The molecule has 0 spiro atoms. The Labute approximate surface area is 93.6 Å². The maximum absolute atomic E-state index is 11.6. The number of ether oxygens (including phenoxy) is 1. The first-order valence-corrected chi connectivity index (χ1v) is 5.12. The summed E-state index contributed by atoms with van der Waals surface area (Å²) in [5.41, 5.74) is 1.61. The number of aliphatic hydroxyl groups is 1. The number of nitrogens with zero attached hydrogens (tertiary/aromatic N) is 1. The van der Waals surface area contributed by atoms with E-state index in [1.807, 2.05) is 25.2 Å². The molecule has 1 aliphatic heterocycles. The van der Waals surface area contributed by atoms with E-state index in [2.05, 4.69) is 5.32 Å². The third kappa shape index (κ3) is 1.81. The Morgan fingerprint density at radius 3 is 3.06 bits per heavy atom. The van der Waals surface area contributed by atoms with E-state index >= 15 is 0 Å². The van der Waals surface area contributed by atoms with Crippen molar-refractivity contribution in [2.24, 2.45) is 0 Å². The lowest BCUT2D eigenvalue weighted by Crippen LogP contribution is -2.40. The molecule has 0 aromatic heterocycles. The lowest BCUT2D eigenvalue weighted by molar-refractivity contribution is -0.121. The van der Waals surface area contributed by atoms with Gasteiger partial charge in [0.05, 0.1) is 12.3 Å². The van der Waals surface area contributed by atoms with Gasteiger partial charge >= 0.3 is 0 Å². The average Bonchev–Trinajstić information content (AvgIpc) is 2.32. The largest absolute Gasteiger partial charge is 0.482 e. The summed E-state index contributed by atoms with van der Waals surface area (Å²) in [5, 5.41) is 11.9. The summed E-state index contributed by atoms with van der Waals surface area (Å²) in [4.78, 5) is 13.2. The van der Waals surface area contributed by atoms with Gasteiger partial charge in [-0.3, -0.25) is 4.79 Å². The number of hydrogen-bond acceptors (Lipinski definition) is 4. The molecule has 0 saturated heterocycles. The normalized spacial score (nSPS) is 14.4. The lowest BCUT2D eigenvalue weighted by Gasteiger charge is -2.29. The van der Waals surface area contributed by atoms with E-state index in [0.29, 0.717) is 18.0 Å². The van der Waals surface area contributed by atoms with Gasteiger partial charge in [-0.25, -0.2) is 0 Å². The third-order valence-electron chi connectivity index (χ3n) is 2.51. The van der Waals surface area contributed by atoms with E-state index in [1.165, 1.54) is 0 Å². The number of hydrogen-bond donors (Lipinski definition) is 2. The first-order chi connectivity index (χ1) is 7.76. The van der Waals surface area contributed by atoms with E-state index in [4.69, 9.17) is 9.84 Å². The summed E-state index contributed by atoms with van der Waals surface area (Å²) in [5.74, 6) is 0.543. The molecule has 0 atom stereocenters. The fraction of sp³-hybridized carbons (Fsp3) is 0.364. The first kappa shape index (κ1) is 10.8. The molecule has 2 rings (SSSR count). The van der Waals surface area contributed by atoms with Crippen LogP contribution < -0.4 is 15.0 Å². The van der Waals surface area contributed by atoms with Crippen LogP contribution in [0.2, 0.25) is 0 Å². The van der Waals surface area contributed by atoms with Gasteiger partial charge in [-0.2, -0.15) is 0 Å². The van der Waals surface area contributed by atoms with Gasteiger partial charge in [0.1, 0.15) is 5.75 Å². The number of rotatable bonds is 3. The van der Waals surface area contributed by atoms with Gasteiger partial charge in [-0.1, -0.05) is 0 Å². The highest BCUT2D eigenvalue weighted by Gasteiger charge is 2.24. The minimum absolute atomic E-state index is 0.0336. The van der Waals surface area contributed by atoms with E-state index in [0.717, 1.165) is 5.69 Å². The van der Waals surface area contributed by atoms with Gasteiger partial charge in [0, 0.05) is 19.3 Å². The summed E-state index contributed by atoms with van der Waals surface area (Å²) in [6.45, 7) is 0.267. The number of anilines is 2. The van der Waals surface area contributed by atoms with Crippen LogP contribution in [0.3, 0.4) is 0 Å². The van der Waals surface area contributed by atoms with Crippen molar-refractivity contribution in [1.29, 1.82) is 0 Å². The smallest absolute Gasteiger partial charge is 0.265 e. The zero-order chi connectivity index (χ0) is 11.5. The number of benzene rings is 1. The molecule has 1 heterocycles. The van der Waals surface area contributed by atoms with Crippen molar-refractivity contribution < 1.29 is 14.6 Å². The Hall–Kier alpha value is -1.75. The number of fused-ring (bicyclic) bond motifs is 1. The fourth-order valence-electron chi connectivity index (χ4n) is 1.70. The van der Waals surface area contributed by atoms with Gasteiger partial charge in [0.25, 0.3) is 5.91 Å². The van der Waals surface area contributed by atoms with Crippen molar-refractivity contribution in [1.82, 2.24) is 0 Å². The standard InChI is InChI=1S/C11H14N2O3/c1-12-8-2-3-10-9(6-8)13(4-5-14)11(15)7-16-10/h2-3,6,12,14H,4-5,7H2,1H3. The van der Waals surface area contributed by atoms with Crippen LogP contribution in [-0.2, 0) is 4.79 Å². The zero-order valence-electron chi connectivity index (χ0n) is 9.06. The van der Waals surface area contributed by atoms with Gasteiger partial charge in [0.15, 0.2) is 6.61 Å².